The predicted octanol–water partition coefficient (Wildman–Crippen LogP) is 0.145. The molecule has 0 unspecified atom stereocenters. The van der Waals surface area contributed by atoms with Gasteiger partial charge < -0.3 is 10.0 Å². The Morgan fingerprint density at radius 3 is 2.38 bits per heavy atom. The van der Waals surface area contributed by atoms with Gasteiger partial charge in [-0.3, -0.25) is 9.69 Å². The number of β-amino-alcohol motifs (C(OH)–C–C–N with tert-alkyl or cyclic N) is 1. The number of aliphatic hydroxyl groups is 1. The molecule has 0 radical (unpaired) electrons. The Kier molecular flexibility index (Phi) is 7.00. The fourth-order valence-electron chi connectivity index (χ4n) is 2.51. The zero-order valence-corrected chi connectivity index (χ0v) is 14.9. The van der Waals surface area contributed by atoms with Crippen molar-refractivity contribution in [3.8, 4) is 0 Å². The molecule has 9 heteroatoms. The summed E-state index contributed by atoms with van der Waals surface area (Å²) in [4.78, 5) is 16.1. The number of amides is 1. The Morgan fingerprint density at radius 1 is 1.17 bits per heavy atom. The van der Waals surface area contributed by atoms with Crippen LogP contribution in [0.4, 0.5) is 0 Å². The Bertz CT molecular complexity index is 643. The van der Waals surface area contributed by atoms with E-state index in [2.05, 4.69) is 9.62 Å². The van der Waals surface area contributed by atoms with Crippen molar-refractivity contribution in [3.63, 3.8) is 0 Å². The van der Waals surface area contributed by atoms with E-state index < -0.39 is 10.0 Å². The molecule has 2 rings (SSSR count). The smallest absolute Gasteiger partial charge is 0.240 e. The van der Waals surface area contributed by atoms with E-state index in [1.54, 1.807) is 4.90 Å². The highest BCUT2D eigenvalue weighted by molar-refractivity contribution is 7.89. The van der Waals surface area contributed by atoms with E-state index in [0.29, 0.717) is 24.7 Å². The van der Waals surface area contributed by atoms with Crippen LogP contribution in [-0.2, 0) is 14.8 Å². The lowest BCUT2D eigenvalue weighted by atomic mass is 10.3. The van der Waals surface area contributed by atoms with E-state index in [4.69, 9.17) is 16.7 Å². The third-order valence-corrected chi connectivity index (χ3v) is 5.63. The molecule has 134 valence electrons. The molecule has 1 aliphatic rings. The molecule has 1 amide bonds. The second kappa shape index (κ2) is 8.77. The van der Waals surface area contributed by atoms with Gasteiger partial charge in [0, 0.05) is 50.7 Å². The van der Waals surface area contributed by atoms with Gasteiger partial charge in [0.25, 0.3) is 0 Å². The van der Waals surface area contributed by atoms with Gasteiger partial charge >= 0.3 is 0 Å². The first-order chi connectivity index (χ1) is 11.4. The van der Waals surface area contributed by atoms with E-state index in [-0.39, 0.29) is 30.4 Å². The predicted molar refractivity (Wildman–Crippen MR) is 91.4 cm³/mol. The van der Waals surface area contributed by atoms with Crippen molar-refractivity contribution < 1.29 is 18.3 Å². The molecule has 0 saturated carbocycles. The lowest BCUT2D eigenvalue weighted by molar-refractivity contribution is -0.132. The fraction of sp³-hybridized carbons (Fsp3) is 0.533. The summed E-state index contributed by atoms with van der Waals surface area (Å²) in [5, 5.41) is 9.36. The number of rotatable bonds is 7. The number of hydrogen-bond donors (Lipinski definition) is 2. The monoisotopic (exact) mass is 375 g/mol. The van der Waals surface area contributed by atoms with Crippen molar-refractivity contribution in [2.45, 2.75) is 11.3 Å². The minimum atomic E-state index is -3.63. The zero-order valence-electron chi connectivity index (χ0n) is 13.3. The second-order valence-electron chi connectivity index (χ2n) is 5.55. The van der Waals surface area contributed by atoms with Crippen LogP contribution in [0.2, 0.25) is 5.02 Å². The number of piperazine rings is 1. The molecule has 0 atom stereocenters. The van der Waals surface area contributed by atoms with E-state index in [9.17, 15) is 13.2 Å². The molecule has 1 aromatic carbocycles. The van der Waals surface area contributed by atoms with Gasteiger partial charge in [-0.15, -0.1) is 0 Å². The van der Waals surface area contributed by atoms with Crippen LogP contribution < -0.4 is 4.72 Å². The minimum absolute atomic E-state index is 0.0562. The van der Waals surface area contributed by atoms with Crippen molar-refractivity contribution >= 4 is 27.5 Å². The summed E-state index contributed by atoms with van der Waals surface area (Å²) in [5.41, 5.74) is 0. The van der Waals surface area contributed by atoms with Gasteiger partial charge in [-0.2, -0.15) is 0 Å². The summed E-state index contributed by atoms with van der Waals surface area (Å²) in [6.45, 7) is 3.43. The Hall–Kier alpha value is -1.19. The Labute approximate surface area is 147 Å². The molecular formula is C15H22ClN3O4S. The number of halogens is 1. The van der Waals surface area contributed by atoms with Gasteiger partial charge in [0.1, 0.15) is 0 Å². The molecular weight excluding hydrogens is 354 g/mol. The van der Waals surface area contributed by atoms with Crippen molar-refractivity contribution in [1.82, 2.24) is 14.5 Å². The molecule has 0 bridgehead atoms. The van der Waals surface area contributed by atoms with Crippen LogP contribution >= 0.6 is 11.6 Å². The molecule has 1 aromatic rings. The minimum Gasteiger partial charge on any atom is -0.395 e. The largest absolute Gasteiger partial charge is 0.395 e. The number of nitrogens with zero attached hydrogens (tertiary/aromatic N) is 2. The summed E-state index contributed by atoms with van der Waals surface area (Å²) in [6, 6.07) is 5.86. The summed E-state index contributed by atoms with van der Waals surface area (Å²) in [7, 11) is -3.63. The topological polar surface area (TPSA) is 90.0 Å². The number of carbonyl (C=O) groups excluding carboxylic acids is 1. The summed E-state index contributed by atoms with van der Waals surface area (Å²) in [5.74, 6) is -0.0718. The summed E-state index contributed by atoms with van der Waals surface area (Å²) in [6.07, 6.45) is 0.118. The molecule has 0 aromatic heterocycles. The van der Waals surface area contributed by atoms with Crippen LogP contribution in [-0.4, -0.2) is 75.1 Å². The molecule has 7 nitrogen and oxygen atoms in total. The lowest BCUT2D eigenvalue weighted by Gasteiger charge is -2.34. The van der Waals surface area contributed by atoms with E-state index in [0.717, 1.165) is 13.1 Å². The SMILES string of the molecule is O=C(CCNS(=O)(=O)c1ccc(Cl)cc1)N1CCN(CCO)CC1. The number of benzene rings is 1. The molecule has 0 spiro atoms. The van der Waals surface area contributed by atoms with Gasteiger partial charge in [-0.05, 0) is 24.3 Å². The molecule has 0 aliphatic carbocycles. The molecule has 1 aliphatic heterocycles. The number of hydrogen-bond acceptors (Lipinski definition) is 5. The summed E-state index contributed by atoms with van der Waals surface area (Å²) >= 11 is 5.74. The quantitative estimate of drug-likeness (QED) is 0.707. The highest BCUT2D eigenvalue weighted by Gasteiger charge is 2.21. The Morgan fingerprint density at radius 2 is 1.79 bits per heavy atom. The van der Waals surface area contributed by atoms with Crippen LogP contribution in [0, 0.1) is 0 Å². The van der Waals surface area contributed by atoms with Crippen LogP contribution in [0.25, 0.3) is 0 Å². The van der Waals surface area contributed by atoms with E-state index in [1.165, 1.54) is 24.3 Å². The average Bonchev–Trinajstić information content (AvgIpc) is 2.56. The second-order valence-corrected chi connectivity index (χ2v) is 7.75. The average molecular weight is 376 g/mol. The first kappa shape index (κ1) is 19.1. The van der Waals surface area contributed by atoms with Gasteiger partial charge in [-0.1, -0.05) is 11.6 Å². The molecule has 1 heterocycles. The van der Waals surface area contributed by atoms with Crippen molar-refractivity contribution in [2.24, 2.45) is 0 Å². The maximum Gasteiger partial charge on any atom is 0.240 e. The van der Waals surface area contributed by atoms with Crippen LogP contribution in [0.5, 0.6) is 0 Å². The van der Waals surface area contributed by atoms with Gasteiger partial charge in [0.2, 0.25) is 15.9 Å². The maximum atomic E-state index is 12.1. The first-order valence-corrected chi connectivity index (χ1v) is 9.65. The fourth-order valence-corrected chi connectivity index (χ4v) is 3.67. The van der Waals surface area contributed by atoms with Crippen LogP contribution in [0.1, 0.15) is 6.42 Å². The van der Waals surface area contributed by atoms with Crippen molar-refractivity contribution in [1.29, 1.82) is 0 Å². The van der Waals surface area contributed by atoms with E-state index in [1.807, 2.05) is 0 Å². The summed E-state index contributed by atoms with van der Waals surface area (Å²) < 4.78 is 26.6. The number of aliphatic hydroxyl groups excluding tert-OH is 1. The molecule has 1 saturated heterocycles. The third kappa shape index (κ3) is 5.42. The standard InChI is InChI=1S/C15H22ClN3O4S/c16-13-1-3-14(4-2-13)24(22,23)17-6-5-15(21)19-9-7-18(8-10-19)11-12-20/h1-4,17,20H,5-12H2. The highest BCUT2D eigenvalue weighted by atomic mass is 35.5. The van der Waals surface area contributed by atoms with Gasteiger partial charge in [0.15, 0.2) is 0 Å². The first-order valence-electron chi connectivity index (χ1n) is 7.78. The van der Waals surface area contributed by atoms with E-state index >= 15 is 0 Å². The number of sulfonamides is 1. The molecule has 1 fully saturated rings. The highest BCUT2D eigenvalue weighted by Crippen LogP contribution is 2.13. The van der Waals surface area contributed by atoms with Gasteiger partial charge in [-0.25, -0.2) is 13.1 Å². The number of carbonyl (C=O) groups is 1. The lowest BCUT2D eigenvalue weighted by Crippen LogP contribution is -2.49. The van der Waals surface area contributed by atoms with Crippen molar-refractivity contribution in [3.05, 3.63) is 29.3 Å². The third-order valence-electron chi connectivity index (χ3n) is 3.90. The zero-order chi connectivity index (χ0) is 17.6. The number of nitrogens with one attached hydrogen (secondary N) is 1. The van der Waals surface area contributed by atoms with Crippen LogP contribution in [0.3, 0.4) is 0 Å². The normalized spacial score (nSPS) is 16.3. The van der Waals surface area contributed by atoms with Crippen LogP contribution in [0.15, 0.2) is 29.2 Å². The molecule has 2 N–H and O–H groups in total. The van der Waals surface area contributed by atoms with Crippen molar-refractivity contribution in [2.75, 3.05) is 45.9 Å². The Balaban J connectivity index is 1.77. The van der Waals surface area contributed by atoms with Gasteiger partial charge in [0.05, 0.1) is 11.5 Å². The maximum absolute atomic E-state index is 12.1. The molecule has 24 heavy (non-hydrogen) atoms.